The molecule has 0 saturated carbocycles. The van der Waals surface area contributed by atoms with E-state index in [1.807, 2.05) is 13.0 Å². The Labute approximate surface area is 120 Å². The standard InChI is InChI=1S/C16H22O4/c1-6-7-10(2)8-9-12-11(3)13(17)15(19-4)16(20-5)14(12)18/h8H,6-7,9H2,1-5H3/b10-8+. The van der Waals surface area contributed by atoms with E-state index in [4.69, 9.17) is 9.47 Å². The molecule has 0 amide bonds. The van der Waals surface area contributed by atoms with Gasteiger partial charge < -0.3 is 9.47 Å². The van der Waals surface area contributed by atoms with Gasteiger partial charge in [0.15, 0.2) is 0 Å². The highest BCUT2D eigenvalue weighted by Crippen LogP contribution is 2.28. The lowest BCUT2D eigenvalue weighted by atomic mass is 9.90. The van der Waals surface area contributed by atoms with Gasteiger partial charge in [0.2, 0.25) is 23.1 Å². The number of carbonyl (C=O) groups excluding carboxylic acids is 2. The molecule has 0 aromatic carbocycles. The molecule has 0 unspecified atom stereocenters. The number of methoxy groups -OCH3 is 2. The topological polar surface area (TPSA) is 52.6 Å². The maximum atomic E-state index is 12.4. The van der Waals surface area contributed by atoms with Crippen LogP contribution in [0.5, 0.6) is 0 Å². The quantitative estimate of drug-likeness (QED) is 0.553. The lowest BCUT2D eigenvalue weighted by Crippen LogP contribution is -2.24. The van der Waals surface area contributed by atoms with Crippen LogP contribution >= 0.6 is 0 Å². The Morgan fingerprint density at radius 2 is 1.65 bits per heavy atom. The Kier molecular flexibility index (Phi) is 5.74. The molecule has 0 heterocycles. The summed E-state index contributed by atoms with van der Waals surface area (Å²) >= 11 is 0. The van der Waals surface area contributed by atoms with E-state index in [0.29, 0.717) is 17.6 Å². The molecule has 0 aromatic rings. The first-order chi connectivity index (χ1) is 9.47. The van der Waals surface area contributed by atoms with Gasteiger partial charge in [0.1, 0.15) is 0 Å². The van der Waals surface area contributed by atoms with Crippen LogP contribution in [-0.2, 0) is 19.1 Å². The maximum Gasteiger partial charge on any atom is 0.228 e. The fraction of sp³-hybridized carbons (Fsp3) is 0.500. The first-order valence-corrected chi connectivity index (χ1v) is 6.74. The summed E-state index contributed by atoms with van der Waals surface area (Å²) in [5.74, 6) is -0.546. The fourth-order valence-electron chi connectivity index (χ4n) is 2.21. The van der Waals surface area contributed by atoms with Gasteiger partial charge in [-0.2, -0.15) is 0 Å². The van der Waals surface area contributed by atoms with Gasteiger partial charge in [-0.15, -0.1) is 0 Å². The third kappa shape index (κ3) is 3.18. The molecule has 1 rings (SSSR count). The van der Waals surface area contributed by atoms with Crippen molar-refractivity contribution < 1.29 is 19.1 Å². The van der Waals surface area contributed by atoms with Crippen molar-refractivity contribution in [1.82, 2.24) is 0 Å². The summed E-state index contributed by atoms with van der Waals surface area (Å²) in [6, 6.07) is 0. The smallest absolute Gasteiger partial charge is 0.228 e. The van der Waals surface area contributed by atoms with Gasteiger partial charge in [0, 0.05) is 11.1 Å². The zero-order valence-electron chi connectivity index (χ0n) is 12.8. The van der Waals surface area contributed by atoms with E-state index in [0.717, 1.165) is 12.8 Å². The van der Waals surface area contributed by atoms with Crippen LogP contribution in [0.2, 0.25) is 0 Å². The van der Waals surface area contributed by atoms with E-state index in [2.05, 4.69) is 6.92 Å². The van der Waals surface area contributed by atoms with E-state index in [1.54, 1.807) is 6.92 Å². The molecule has 1 aliphatic rings. The Bertz CT molecular complexity index is 507. The molecule has 0 radical (unpaired) electrons. The largest absolute Gasteiger partial charge is 0.489 e. The Morgan fingerprint density at radius 1 is 1.10 bits per heavy atom. The third-order valence-electron chi connectivity index (χ3n) is 3.39. The number of carbonyl (C=O) groups is 2. The van der Waals surface area contributed by atoms with Crippen LogP contribution in [0.3, 0.4) is 0 Å². The number of allylic oxidation sites excluding steroid dienone is 4. The molecular formula is C16H22O4. The van der Waals surface area contributed by atoms with Crippen molar-refractivity contribution >= 4 is 11.6 Å². The lowest BCUT2D eigenvalue weighted by Gasteiger charge is -2.19. The van der Waals surface area contributed by atoms with Gasteiger partial charge in [-0.1, -0.05) is 25.0 Å². The highest BCUT2D eigenvalue weighted by molar-refractivity contribution is 6.23. The molecule has 0 saturated heterocycles. The molecule has 0 fully saturated rings. The average Bonchev–Trinajstić information content (AvgIpc) is 2.42. The third-order valence-corrected chi connectivity index (χ3v) is 3.39. The first-order valence-electron chi connectivity index (χ1n) is 6.74. The molecule has 0 bridgehead atoms. The van der Waals surface area contributed by atoms with Gasteiger partial charge in [-0.25, -0.2) is 0 Å². The average molecular weight is 278 g/mol. The van der Waals surface area contributed by atoms with Gasteiger partial charge in [-0.05, 0) is 26.7 Å². The summed E-state index contributed by atoms with van der Waals surface area (Å²) in [4.78, 5) is 24.5. The molecule has 0 aliphatic heterocycles. The molecule has 0 N–H and O–H groups in total. The number of ether oxygens (including phenoxy) is 2. The molecule has 1 aliphatic carbocycles. The second kappa shape index (κ2) is 7.08. The Balaban J connectivity index is 3.09. The summed E-state index contributed by atoms with van der Waals surface area (Å²) in [5.41, 5.74) is 2.14. The second-order valence-corrected chi connectivity index (χ2v) is 4.83. The zero-order chi connectivity index (χ0) is 15.3. The second-order valence-electron chi connectivity index (χ2n) is 4.83. The number of ketones is 2. The molecule has 20 heavy (non-hydrogen) atoms. The maximum absolute atomic E-state index is 12.4. The molecule has 4 heteroatoms. The summed E-state index contributed by atoms with van der Waals surface area (Å²) < 4.78 is 10.0. The SMILES string of the molecule is CCC/C(C)=C/CC1=C(C)C(=O)C(OC)=C(OC)C1=O. The van der Waals surface area contributed by atoms with Gasteiger partial charge in [0.25, 0.3) is 0 Å². The van der Waals surface area contributed by atoms with Crippen molar-refractivity contribution in [3.05, 3.63) is 34.3 Å². The molecule has 0 aromatic heterocycles. The predicted octanol–water partition coefficient (Wildman–Crippen LogP) is 3.10. The monoisotopic (exact) mass is 278 g/mol. The predicted molar refractivity (Wildman–Crippen MR) is 77.0 cm³/mol. The number of Topliss-reactive ketones (excluding diaryl/α,β-unsaturated/α-hetero) is 2. The van der Waals surface area contributed by atoms with Crippen LogP contribution in [-0.4, -0.2) is 25.8 Å². The van der Waals surface area contributed by atoms with Crippen molar-refractivity contribution in [2.75, 3.05) is 14.2 Å². The number of rotatable bonds is 6. The minimum atomic E-state index is -0.277. The summed E-state index contributed by atoms with van der Waals surface area (Å²) in [6.45, 7) is 5.79. The molecule has 110 valence electrons. The van der Waals surface area contributed by atoms with Crippen LogP contribution in [0, 0.1) is 0 Å². The normalized spacial score (nSPS) is 16.9. The van der Waals surface area contributed by atoms with Gasteiger partial charge >= 0.3 is 0 Å². The lowest BCUT2D eigenvalue weighted by molar-refractivity contribution is -0.121. The van der Waals surface area contributed by atoms with E-state index in [9.17, 15) is 9.59 Å². The van der Waals surface area contributed by atoms with E-state index in [-0.39, 0.29) is 23.1 Å². The Hall–Kier alpha value is -1.84. The summed E-state index contributed by atoms with van der Waals surface area (Å²) in [6.07, 6.45) is 4.50. The number of hydrogen-bond donors (Lipinski definition) is 0. The molecular weight excluding hydrogens is 256 g/mol. The summed E-state index contributed by atoms with van der Waals surface area (Å²) in [7, 11) is 2.74. The van der Waals surface area contributed by atoms with E-state index >= 15 is 0 Å². The van der Waals surface area contributed by atoms with Crippen molar-refractivity contribution in [3.63, 3.8) is 0 Å². The highest BCUT2D eigenvalue weighted by Gasteiger charge is 2.33. The minimum Gasteiger partial charge on any atom is -0.489 e. The van der Waals surface area contributed by atoms with E-state index in [1.165, 1.54) is 19.8 Å². The van der Waals surface area contributed by atoms with Crippen LogP contribution in [0.4, 0.5) is 0 Å². The molecule has 0 atom stereocenters. The van der Waals surface area contributed by atoms with Crippen molar-refractivity contribution in [3.8, 4) is 0 Å². The molecule has 4 nitrogen and oxygen atoms in total. The van der Waals surface area contributed by atoms with Crippen molar-refractivity contribution in [1.29, 1.82) is 0 Å². The molecule has 0 spiro atoms. The van der Waals surface area contributed by atoms with Crippen LogP contribution in [0.15, 0.2) is 34.3 Å². The van der Waals surface area contributed by atoms with Crippen LogP contribution < -0.4 is 0 Å². The Morgan fingerprint density at radius 3 is 2.15 bits per heavy atom. The highest BCUT2D eigenvalue weighted by atomic mass is 16.5. The van der Waals surface area contributed by atoms with Crippen molar-refractivity contribution in [2.24, 2.45) is 0 Å². The van der Waals surface area contributed by atoms with Crippen LogP contribution in [0.25, 0.3) is 0 Å². The fourth-order valence-corrected chi connectivity index (χ4v) is 2.21. The van der Waals surface area contributed by atoms with Crippen molar-refractivity contribution in [2.45, 2.75) is 40.0 Å². The minimum absolute atomic E-state index is 0.000329. The van der Waals surface area contributed by atoms with E-state index < -0.39 is 0 Å². The van der Waals surface area contributed by atoms with Crippen LogP contribution in [0.1, 0.15) is 40.0 Å². The van der Waals surface area contributed by atoms with Gasteiger partial charge in [0.05, 0.1) is 14.2 Å². The zero-order valence-corrected chi connectivity index (χ0v) is 12.8. The van der Waals surface area contributed by atoms with Gasteiger partial charge in [-0.3, -0.25) is 9.59 Å². The number of hydrogen-bond acceptors (Lipinski definition) is 4. The summed E-state index contributed by atoms with van der Waals surface area (Å²) in [5, 5.41) is 0. The first kappa shape index (κ1) is 16.2.